The van der Waals surface area contributed by atoms with Gasteiger partial charge >= 0.3 is 0 Å². The van der Waals surface area contributed by atoms with E-state index in [1.165, 1.54) is 38.9 Å². The van der Waals surface area contributed by atoms with Crippen molar-refractivity contribution in [2.75, 3.05) is 0 Å². The summed E-state index contributed by atoms with van der Waals surface area (Å²) < 4.78 is 0. The van der Waals surface area contributed by atoms with Crippen LogP contribution in [-0.4, -0.2) is 15.0 Å². The van der Waals surface area contributed by atoms with Gasteiger partial charge in [-0.1, -0.05) is 170 Å². The van der Waals surface area contributed by atoms with E-state index in [1.807, 2.05) is 48.8 Å². The molecular weight excluding hydrogens is 667 g/mol. The van der Waals surface area contributed by atoms with E-state index in [4.69, 9.17) is 9.97 Å². The number of hydrogen-bond donors (Lipinski definition) is 0. The van der Waals surface area contributed by atoms with Gasteiger partial charge in [0.25, 0.3) is 0 Å². The molecule has 0 amide bonds. The van der Waals surface area contributed by atoms with Crippen LogP contribution in [0.25, 0.3) is 67.3 Å². The SMILES string of the molecule is c1ccc(-c2cc(-c3ccccc3)nc(-c3ccc(-c4cccc(C5(c6cccc(-c7ccncc7)c6)c6ccccc6-c6ccccc65)c4)cc3)n2)cc1. The first kappa shape index (κ1) is 32.4. The van der Waals surface area contributed by atoms with Crippen LogP contribution in [0, 0.1) is 0 Å². The molecule has 1 aliphatic rings. The number of benzene rings is 7. The lowest BCUT2D eigenvalue weighted by Crippen LogP contribution is -2.28. The van der Waals surface area contributed by atoms with Crippen LogP contribution in [0.1, 0.15) is 22.3 Å². The van der Waals surface area contributed by atoms with E-state index >= 15 is 0 Å². The lowest BCUT2D eigenvalue weighted by atomic mass is 9.67. The molecule has 3 nitrogen and oxygen atoms in total. The van der Waals surface area contributed by atoms with E-state index in [2.05, 4.69) is 169 Å². The second kappa shape index (κ2) is 13.6. The Kier molecular flexibility index (Phi) is 8.04. The molecule has 0 saturated heterocycles. The molecule has 7 aromatic carbocycles. The predicted molar refractivity (Wildman–Crippen MR) is 224 cm³/mol. The molecular formula is C52H35N3. The number of nitrogens with zero attached hydrogens (tertiary/aromatic N) is 3. The summed E-state index contributed by atoms with van der Waals surface area (Å²) in [4.78, 5) is 14.4. The number of hydrogen-bond acceptors (Lipinski definition) is 3. The molecule has 0 spiro atoms. The van der Waals surface area contributed by atoms with Crippen molar-refractivity contribution >= 4 is 0 Å². The smallest absolute Gasteiger partial charge is 0.160 e. The first-order chi connectivity index (χ1) is 27.3. The van der Waals surface area contributed by atoms with Gasteiger partial charge in [0.05, 0.1) is 16.8 Å². The topological polar surface area (TPSA) is 38.7 Å². The first-order valence-electron chi connectivity index (χ1n) is 18.7. The zero-order valence-electron chi connectivity index (χ0n) is 30.0. The van der Waals surface area contributed by atoms with E-state index in [1.54, 1.807) is 0 Å². The fraction of sp³-hybridized carbons (Fsp3) is 0.0192. The van der Waals surface area contributed by atoms with Gasteiger partial charge in [-0.15, -0.1) is 0 Å². The molecule has 0 atom stereocenters. The fourth-order valence-electron chi connectivity index (χ4n) is 8.33. The Hall–Kier alpha value is -7.23. The van der Waals surface area contributed by atoms with Gasteiger partial charge in [-0.25, -0.2) is 9.97 Å². The molecule has 2 aromatic heterocycles. The Morgan fingerprint density at radius 1 is 0.309 bits per heavy atom. The van der Waals surface area contributed by atoms with Crippen LogP contribution in [0.2, 0.25) is 0 Å². The lowest BCUT2D eigenvalue weighted by Gasteiger charge is -2.34. The molecule has 0 fully saturated rings. The molecule has 1 aliphatic carbocycles. The third-order valence-corrected chi connectivity index (χ3v) is 10.9. The van der Waals surface area contributed by atoms with Gasteiger partial charge in [0.15, 0.2) is 5.82 Å². The standard InChI is InChI=1S/C52H35N3/c1-3-13-38(14-4-1)49-35-50(39-15-5-2-6-16-39)55-51(54-49)40-27-25-36(26-28-40)41-17-11-19-43(33-41)52(44-20-12-18-42(34-44)37-29-31-53-32-30-37)47-23-9-7-21-45(47)46-22-8-10-24-48(46)52/h1-35H. The zero-order valence-corrected chi connectivity index (χ0v) is 30.0. The normalized spacial score (nSPS) is 12.5. The highest BCUT2D eigenvalue weighted by atomic mass is 14.9. The maximum atomic E-state index is 5.07. The zero-order chi connectivity index (χ0) is 36.6. The van der Waals surface area contributed by atoms with Crippen LogP contribution in [0.15, 0.2) is 213 Å². The van der Waals surface area contributed by atoms with Gasteiger partial charge < -0.3 is 0 Å². The summed E-state index contributed by atoms with van der Waals surface area (Å²) in [6.07, 6.45) is 3.72. The Morgan fingerprint density at radius 2 is 0.745 bits per heavy atom. The van der Waals surface area contributed by atoms with Crippen LogP contribution in [-0.2, 0) is 5.41 Å². The van der Waals surface area contributed by atoms with Crippen LogP contribution in [0.4, 0.5) is 0 Å². The molecule has 55 heavy (non-hydrogen) atoms. The minimum absolute atomic E-state index is 0.522. The summed E-state index contributed by atoms with van der Waals surface area (Å²) >= 11 is 0. The van der Waals surface area contributed by atoms with E-state index in [-0.39, 0.29) is 0 Å². The lowest BCUT2D eigenvalue weighted by molar-refractivity contribution is 0.769. The van der Waals surface area contributed by atoms with Crippen molar-refractivity contribution < 1.29 is 0 Å². The van der Waals surface area contributed by atoms with Gasteiger partial charge in [-0.05, 0) is 86.0 Å². The minimum Gasteiger partial charge on any atom is -0.265 e. The molecule has 0 saturated carbocycles. The molecule has 258 valence electrons. The van der Waals surface area contributed by atoms with E-state index in [0.29, 0.717) is 5.82 Å². The van der Waals surface area contributed by atoms with E-state index in [9.17, 15) is 0 Å². The molecule has 10 rings (SSSR count). The van der Waals surface area contributed by atoms with Crippen LogP contribution >= 0.6 is 0 Å². The van der Waals surface area contributed by atoms with Crippen molar-refractivity contribution in [1.29, 1.82) is 0 Å². The van der Waals surface area contributed by atoms with E-state index in [0.717, 1.165) is 44.8 Å². The molecule has 0 bridgehead atoms. The van der Waals surface area contributed by atoms with Crippen molar-refractivity contribution in [3.63, 3.8) is 0 Å². The summed E-state index contributed by atoms with van der Waals surface area (Å²) in [5, 5.41) is 0. The monoisotopic (exact) mass is 701 g/mol. The molecule has 0 N–H and O–H groups in total. The highest BCUT2D eigenvalue weighted by Gasteiger charge is 2.46. The minimum atomic E-state index is -0.522. The summed E-state index contributed by atoms with van der Waals surface area (Å²) in [5.41, 5.74) is 16.6. The van der Waals surface area contributed by atoms with Gasteiger partial charge in [-0.2, -0.15) is 0 Å². The van der Waals surface area contributed by atoms with Crippen molar-refractivity contribution in [2.45, 2.75) is 5.41 Å². The first-order valence-corrected chi connectivity index (χ1v) is 18.7. The second-order valence-corrected chi connectivity index (χ2v) is 14.0. The summed E-state index contributed by atoms with van der Waals surface area (Å²) in [5.74, 6) is 0.702. The van der Waals surface area contributed by atoms with Crippen molar-refractivity contribution in [1.82, 2.24) is 15.0 Å². The molecule has 3 heteroatoms. The van der Waals surface area contributed by atoms with Crippen molar-refractivity contribution in [2.24, 2.45) is 0 Å². The van der Waals surface area contributed by atoms with Gasteiger partial charge in [0.2, 0.25) is 0 Å². The average Bonchev–Trinajstić information content (AvgIpc) is 3.58. The highest BCUT2D eigenvalue weighted by molar-refractivity contribution is 5.87. The molecule has 9 aromatic rings. The Balaban J connectivity index is 1.10. The summed E-state index contributed by atoms with van der Waals surface area (Å²) in [7, 11) is 0. The number of fused-ring (bicyclic) bond motifs is 3. The molecule has 0 radical (unpaired) electrons. The third-order valence-electron chi connectivity index (χ3n) is 10.9. The maximum absolute atomic E-state index is 5.07. The van der Waals surface area contributed by atoms with Gasteiger partial charge in [-0.3, -0.25) is 4.98 Å². The number of aromatic nitrogens is 3. The van der Waals surface area contributed by atoms with Crippen molar-refractivity contribution in [3.8, 4) is 67.3 Å². The van der Waals surface area contributed by atoms with E-state index < -0.39 is 5.41 Å². The Labute approximate surface area is 321 Å². The summed E-state index contributed by atoms with van der Waals surface area (Å²) in [6, 6.07) is 71.5. The number of pyridine rings is 1. The molecule has 0 unspecified atom stereocenters. The molecule has 0 aliphatic heterocycles. The quantitative estimate of drug-likeness (QED) is 0.166. The maximum Gasteiger partial charge on any atom is 0.160 e. The van der Waals surface area contributed by atoms with Crippen LogP contribution < -0.4 is 0 Å². The Morgan fingerprint density at radius 3 is 1.27 bits per heavy atom. The van der Waals surface area contributed by atoms with Crippen LogP contribution in [0.5, 0.6) is 0 Å². The van der Waals surface area contributed by atoms with Crippen LogP contribution in [0.3, 0.4) is 0 Å². The predicted octanol–water partition coefficient (Wildman–Crippen LogP) is 12.6. The largest absolute Gasteiger partial charge is 0.265 e. The Bertz CT molecular complexity index is 2690. The molecule has 2 heterocycles. The highest BCUT2D eigenvalue weighted by Crippen LogP contribution is 2.56. The third kappa shape index (κ3) is 5.65. The fourth-order valence-corrected chi connectivity index (χ4v) is 8.33. The van der Waals surface area contributed by atoms with Crippen molar-refractivity contribution in [3.05, 3.63) is 235 Å². The average molecular weight is 702 g/mol. The number of rotatable bonds is 7. The second-order valence-electron chi connectivity index (χ2n) is 14.0. The summed E-state index contributed by atoms with van der Waals surface area (Å²) in [6.45, 7) is 0. The van der Waals surface area contributed by atoms with Gasteiger partial charge in [0.1, 0.15) is 0 Å². The van der Waals surface area contributed by atoms with Gasteiger partial charge in [0, 0.05) is 29.1 Å².